The Balaban J connectivity index is 2.19. The normalized spacial score (nSPS) is 11.5. The minimum absolute atomic E-state index is 0.0306. The van der Waals surface area contributed by atoms with E-state index >= 15 is 0 Å². The number of hydrogen-bond donors (Lipinski definition) is 1. The van der Waals surface area contributed by atoms with E-state index < -0.39 is 0 Å². The molecule has 0 spiro atoms. The lowest BCUT2D eigenvalue weighted by Gasteiger charge is -2.21. The number of nitrogens with zero attached hydrogens (tertiary/aromatic N) is 3. The molecule has 0 saturated heterocycles. The van der Waals surface area contributed by atoms with Gasteiger partial charge in [0.15, 0.2) is 0 Å². The van der Waals surface area contributed by atoms with Gasteiger partial charge in [0.2, 0.25) is 0 Å². The third-order valence-corrected chi connectivity index (χ3v) is 2.30. The van der Waals surface area contributed by atoms with Gasteiger partial charge in [-0.2, -0.15) is 5.10 Å². The third-order valence-electron chi connectivity index (χ3n) is 2.30. The van der Waals surface area contributed by atoms with E-state index in [1.807, 2.05) is 31.7 Å². The van der Waals surface area contributed by atoms with Crippen molar-refractivity contribution in [2.75, 3.05) is 5.32 Å². The van der Waals surface area contributed by atoms with Gasteiger partial charge in [-0.15, -0.1) is 0 Å². The molecule has 0 atom stereocenters. The Morgan fingerprint density at radius 2 is 1.88 bits per heavy atom. The van der Waals surface area contributed by atoms with Gasteiger partial charge in [-0.1, -0.05) is 0 Å². The molecule has 2 aromatic rings. The fourth-order valence-corrected chi connectivity index (χ4v) is 1.59. The zero-order chi connectivity index (χ0) is 12.5. The molecule has 0 unspecified atom stereocenters. The highest BCUT2D eigenvalue weighted by Gasteiger charge is 2.10. The van der Waals surface area contributed by atoms with E-state index in [9.17, 15) is 0 Å². The monoisotopic (exact) mass is 230 g/mol. The molecule has 0 amide bonds. The van der Waals surface area contributed by atoms with Gasteiger partial charge in [-0.05, 0) is 32.9 Å². The largest absolute Gasteiger partial charge is 0.365 e. The molecule has 0 aliphatic rings. The van der Waals surface area contributed by atoms with Crippen LogP contribution in [-0.2, 0) is 7.05 Å². The Morgan fingerprint density at radius 1 is 1.12 bits per heavy atom. The number of pyridine rings is 1. The van der Waals surface area contributed by atoms with Crippen LogP contribution in [0, 0.1) is 0 Å². The molecule has 0 fully saturated rings. The first-order valence-corrected chi connectivity index (χ1v) is 5.67. The van der Waals surface area contributed by atoms with Crippen LogP contribution in [0.3, 0.4) is 0 Å². The summed E-state index contributed by atoms with van der Waals surface area (Å²) >= 11 is 0. The predicted molar refractivity (Wildman–Crippen MR) is 69.8 cm³/mol. The molecule has 90 valence electrons. The molecule has 0 aliphatic carbocycles. The van der Waals surface area contributed by atoms with Crippen molar-refractivity contribution >= 4 is 5.82 Å². The van der Waals surface area contributed by atoms with E-state index in [1.54, 1.807) is 4.68 Å². The van der Waals surface area contributed by atoms with Crippen LogP contribution in [0.25, 0.3) is 11.1 Å². The van der Waals surface area contributed by atoms with Crippen LogP contribution in [0.1, 0.15) is 20.8 Å². The first-order chi connectivity index (χ1) is 7.94. The van der Waals surface area contributed by atoms with Crippen LogP contribution in [0.2, 0.25) is 0 Å². The second kappa shape index (κ2) is 4.20. The first-order valence-electron chi connectivity index (χ1n) is 5.67. The summed E-state index contributed by atoms with van der Waals surface area (Å²) in [7, 11) is 1.91. The van der Waals surface area contributed by atoms with Crippen molar-refractivity contribution in [1.82, 2.24) is 14.8 Å². The summed E-state index contributed by atoms with van der Waals surface area (Å²) in [6, 6.07) is 4.05. The number of hydrogen-bond acceptors (Lipinski definition) is 3. The molecule has 17 heavy (non-hydrogen) atoms. The molecular formula is C13H18N4. The quantitative estimate of drug-likeness (QED) is 0.862. The van der Waals surface area contributed by atoms with Crippen molar-refractivity contribution in [3.05, 3.63) is 30.7 Å². The Bertz CT molecular complexity index is 491. The lowest BCUT2D eigenvalue weighted by atomic mass is 10.1. The predicted octanol–water partition coefficient (Wildman–Crippen LogP) is 2.69. The van der Waals surface area contributed by atoms with Crippen LogP contribution >= 0.6 is 0 Å². The van der Waals surface area contributed by atoms with E-state index in [4.69, 9.17) is 0 Å². The fourth-order valence-electron chi connectivity index (χ4n) is 1.59. The standard InChI is InChI=1S/C13H18N4/c1-13(2,3)16-12-6-5-10(7-14-12)11-8-15-17(4)9-11/h5-9H,1-4H3,(H,14,16). The number of nitrogens with one attached hydrogen (secondary N) is 1. The molecular weight excluding hydrogens is 212 g/mol. The number of anilines is 1. The van der Waals surface area contributed by atoms with Crippen LogP contribution in [0.5, 0.6) is 0 Å². The van der Waals surface area contributed by atoms with Crippen molar-refractivity contribution in [2.24, 2.45) is 7.05 Å². The summed E-state index contributed by atoms with van der Waals surface area (Å²) in [6.07, 6.45) is 5.69. The highest BCUT2D eigenvalue weighted by Crippen LogP contribution is 2.19. The van der Waals surface area contributed by atoms with Gasteiger partial charge < -0.3 is 5.32 Å². The molecule has 4 nitrogen and oxygen atoms in total. The summed E-state index contributed by atoms with van der Waals surface area (Å²) < 4.78 is 1.79. The van der Waals surface area contributed by atoms with Crippen LogP contribution in [0.15, 0.2) is 30.7 Å². The molecule has 0 radical (unpaired) electrons. The maximum Gasteiger partial charge on any atom is 0.126 e. The highest BCUT2D eigenvalue weighted by atomic mass is 15.2. The van der Waals surface area contributed by atoms with Gasteiger partial charge in [0, 0.05) is 36.1 Å². The topological polar surface area (TPSA) is 42.7 Å². The van der Waals surface area contributed by atoms with Crippen molar-refractivity contribution in [1.29, 1.82) is 0 Å². The van der Waals surface area contributed by atoms with Gasteiger partial charge in [-0.3, -0.25) is 4.68 Å². The van der Waals surface area contributed by atoms with Crippen LogP contribution in [0.4, 0.5) is 5.82 Å². The van der Waals surface area contributed by atoms with Gasteiger partial charge >= 0.3 is 0 Å². The maximum atomic E-state index is 4.40. The summed E-state index contributed by atoms with van der Waals surface area (Å²) in [5.74, 6) is 0.894. The van der Waals surface area contributed by atoms with Crippen LogP contribution < -0.4 is 5.32 Å². The zero-order valence-corrected chi connectivity index (χ0v) is 10.7. The second-order valence-electron chi connectivity index (χ2n) is 5.21. The Labute approximate surface area is 102 Å². The molecule has 0 aromatic carbocycles. The Morgan fingerprint density at radius 3 is 2.35 bits per heavy atom. The fraction of sp³-hybridized carbons (Fsp3) is 0.385. The maximum absolute atomic E-state index is 4.40. The first kappa shape index (κ1) is 11.6. The van der Waals surface area contributed by atoms with Crippen molar-refractivity contribution < 1.29 is 0 Å². The molecule has 2 heterocycles. The summed E-state index contributed by atoms with van der Waals surface area (Å²) in [5.41, 5.74) is 2.20. The highest BCUT2D eigenvalue weighted by molar-refractivity contribution is 5.62. The smallest absolute Gasteiger partial charge is 0.126 e. The van der Waals surface area contributed by atoms with Gasteiger partial charge in [0.1, 0.15) is 5.82 Å². The van der Waals surface area contributed by atoms with E-state index in [2.05, 4.69) is 42.2 Å². The van der Waals surface area contributed by atoms with Crippen molar-refractivity contribution in [3.8, 4) is 11.1 Å². The number of aromatic nitrogens is 3. The Kier molecular flexibility index (Phi) is 2.88. The van der Waals surface area contributed by atoms with E-state index in [0.717, 1.165) is 16.9 Å². The van der Waals surface area contributed by atoms with Crippen molar-refractivity contribution in [3.63, 3.8) is 0 Å². The molecule has 0 aliphatic heterocycles. The zero-order valence-electron chi connectivity index (χ0n) is 10.7. The summed E-state index contributed by atoms with van der Waals surface area (Å²) in [5, 5.41) is 7.48. The lowest BCUT2D eigenvalue weighted by molar-refractivity contribution is 0.630. The SMILES string of the molecule is Cn1cc(-c2ccc(NC(C)(C)C)nc2)cn1. The summed E-state index contributed by atoms with van der Waals surface area (Å²) in [4.78, 5) is 4.40. The van der Waals surface area contributed by atoms with Crippen LogP contribution in [-0.4, -0.2) is 20.3 Å². The lowest BCUT2D eigenvalue weighted by Crippen LogP contribution is -2.26. The minimum Gasteiger partial charge on any atom is -0.365 e. The van der Waals surface area contributed by atoms with E-state index in [1.165, 1.54) is 0 Å². The molecule has 2 aromatic heterocycles. The Hall–Kier alpha value is -1.84. The molecule has 4 heteroatoms. The molecule has 1 N–H and O–H groups in total. The number of aryl methyl sites for hydroxylation is 1. The minimum atomic E-state index is 0.0306. The average molecular weight is 230 g/mol. The van der Waals surface area contributed by atoms with Gasteiger partial charge in [0.05, 0.1) is 6.20 Å². The molecule has 2 rings (SSSR count). The molecule has 0 bridgehead atoms. The second-order valence-corrected chi connectivity index (χ2v) is 5.21. The third kappa shape index (κ3) is 3.06. The van der Waals surface area contributed by atoms with E-state index in [-0.39, 0.29) is 5.54 Å². The average Bonchev–Trinajstić information content (AvgIpc) is 2.63. The van der Waals surface area contributed by atoms with Gasteiger partial charge in [-0.25, -0.2) is 4.98 Å². The van der Waals surface area contributed by atoms with E-state index in [0.29, 0.717) is 0 Å². The van der Waals surface area contributed by atoms with Gasteiger partial charge in [0.25, 0.3) is 0 Å². The summed E-state index contributed by atoms with van der Waals surface area (Å²) in [6.45, 7) is 6.34. The van der Waals surface area contributed by atoms with Crippen molar-refractivity contribution in [2.45, 2.75) is 26.3 Å². The molecule has 0 saturated carbocycles. The number of rotatable bonds is 2.